The molecule has 20 heavy (non-hydrogen) atoms. The Kier molecular flexibility index (Phi) is 4.93. The Labute approximate surface area is 119 Å². The van der Waals surface area contributed by atoms with E-state index in [9.17, 15) is 5.11 Å². The lowest BCUT2D eigenvalue weighted by molar-refractivity contribution is 0.172. The fourth-order valence-electron chi connectivity index (χ4n) is 2.17. The topological polar surface area (TPSA) is 68.4 Å². The van der Waals surface area contributed by atoms with Crippen molar-refractivity contribution < 1.29 is 9.84 Å². The first kappa shape index (κ1) is 14.8. The molecule has 0 bridgehead atoms. The number of rotatable bonds is 7. The SMILES string of the molecule is CCC(N)(CO)CCCOc1cccc2ncccc12. The standard InChI is InChI=1S/C16H22N2O2/c1-2-16(17,12-19)9-5-11-20-15-8-3-7-14-13(15)6-4-10-18-14/h3-4,6-8,10,19H,2,5,9,11-12,17H2,1H3. The Morgan fingerprint density at radius 1 is 1.30 bits per heavy atom. The largest absolute Gasteiger partial charge is 0.493 e. The van der Waals surface area contributed by atoms with E-state index in [0.717, 1.165) is 35.9 Å². The van der Waals surface area contributed by atoms with Gasteiger partial charge in [-0.1, -0.05) is 13.0 Å². The third-order valence-electron chi connectivity index (χ3n) is 3.70. The van der Waals surface area contributed by atoms with Gasteiger partial charge in [0.05, 0.1) is 18.7 Å². The molecular weight excluding hydrogens is 252 g/mol. The molecule has 2 aromatic rings. The van der Waals surface area contributed by atoms with Gasteiger partial charge in [0.2, 0.25) is 0 Å². The van der Waals surface area contributed by atoms with Crippen LogP contribution in [-0.2, 0) is 0 Å². The highest BCUT2D eigenvalue weighted by molar-refractivity contribution is 5.84. The molecule has 1 atom stereocenters. The van der Waals surface area contributed by atoms with E-state index in [-0.39, 0.29) is 6.61 Å². The van der Waals surface area contributed by atoms with Crippen LogP contribution in [0.1, 0.15) is 26.2 Å². The summed E-state index contributed by atoms with van der Waals surface area (Å²) in [5.41, 5.74) is 6.50. The van der Waals surface area contributed by atoms with Gasteiger partial charge in [0.1, 0.15) is 5.75 Å². The predicted octanol–water partition coefficient (Wildman–Crippen LogP) is 2.49. The number of nitrogens with two attached hydrogens (primary N) is 1. The summed E-state index contributed by atoms with van der Waals surface area (Å²) < 4.78 is 5.83. The van der Waals surface area contributed by atoms with Crippen molar-refractivity contribution >= 4 is 10.9 Å². The minimum atomic E-state index is -0.482. The highest BCUT2D eigenvalue weighted by Gasteiger charge is 2.20. The van der Waals surface area contributed by atoms with Gasteiger partial charge in [-0.25, -0.2) is 0 Å². The van der Waals surface area contributed by atoms with Crippen molar-refractivity contribution in [1.82, 2.24) is 4.98 Å². The van der Waals surface area contributed by atoms with Gasteiger partial charge >= 0.3 is 0 Å². The summed E-state index contributed by atoms with van der Waals surface area (Å²) in [6.45, 7) is 2.60. The smallest absolute Gasteiger partial charge is 0.128 e. The summed E-state index contributed by atoms with van der Waals surface area (Å²) in [5.74, 6) is 0.846. The number of pyridine rings is 1. The summed E-state index contributed by atoms with van der Waals surface area (Å²) in [4.78, 5) is 4.30. The van der Waals surface area contributed by atoms with Crippen molar-refractivity contribution in [1.29, 1.82) is 0 Å². The first-order chi connectivity index (χ1) is 9.68. The van der Waals surface area contributed by atoms with Crippen LogP contribution in [0.3, 0.4) is 0 Å². The molecule has 0 saturated carbocycles. The number of ether oxygens (including phenoxy) is 1. The fourth-order valence-corrected chi connectivity index (χ4v) is 2.17. The number of nitrogens with zero attached hydrogens (tertiary/aromatic N) is 1. The van der Waals surface area contributed by atoms with E-state index in [1.54, 1.807) is 6.20 Å². The van der Waals surface area contributed by atoms with Crippen molar-refractivity contribution in [2.45, 2.75) is 31.7 Å². The van der Waals surface area contributed by atoms with Gasteiger partial charge in [-0.3, -0.25) is 4.98 Å². The molecule has 4 nitrogen and oxygen atoms in total. The maximum Gasteiger partial charge on any atom is 0.128 e. The minimum absolute atomic E-state index is 0.0156. The number of aliphatic hydroxyl groups excluding tert-OH is 1. The Bertz CT molecular complexity index is 548. The molecule has 1 aromatic carbocycles. The average molecular weight is 274 g/mol. The molecular formula is C16H22N2O2. The van der Waals surface area contributed by atoms with E-state index < -0.39 is 5.54 Å². The summed E-state index contributed by atoms with van der Waals surface area (Å²) in [6, 6.07) is 9.77. The van der Waals surface area contributed by atoms with Crippen LogP contribution in [0, 0.1) is 0 Å². The van der Waals surface area contributed by atoms with Crippen LogP contribution in [0.4, 0.5) is 0 Å². The summed E-state index contributed by atoms with van der Waals surface area (Å²) in [5, 5.41) is 10.3. The normalized spacial score (nSPS) is 14.2. The fraction of sp³-hybridized carbons (Fsp3) is 0.438. The second-order valence-electron chi connectivity index (χ2n) is 5.15. The molecule has 0 radical (unpaired) electrons. The van der Waals surface area contributed by atoms with Crippen molar-refractivity contribution in [3.63, 3.8) is 0 Å². The summed E-state index contributed by atoms with van der Waals surface area (Å²) >= 11 is 0. The first-order valence-electron chi connectivity index (χ1n) is 7.05. The summed E-state index contributed by atoms with van der Waals surface area (Å²) in [7, 11) is 0. The van der Waals surface area contributed by atoms with E-state index in [2.05, 4.69) is 4.98 Å². The third-order valence-corrected chi connectivity index (χ3v) is 3.70. The number of hydrogen-bond acceptors (Lipinski definition) is 4. The Balaban J connectivity index is 1.94. The number of aromatic nitrogens is 1. The molecule has 2 rings (SSSR count). The van der Waals surface area contributed by atoms with Crippen LogP contribution in [0.5, 0.6) is 5.75 Å². The van der Waals surface area contributed by atoms with E-state index in [1.807, 2.05) is 37.3 Å². The first-order valence-corrected chi connectivity index (χ1v) is 7.05. The van der Waals surface area contributed by atoms with Gasteiger partial charge in [0.25, 0.3) is 0 Å². The molecule has 3 N–H and O–H groups in total. The van der Waals surface area contributed by atoms with Crippen LogP contribution in [-0.4, -0.2) is 28.8 Å². The van der Waals surface area contributed by atoms with Gasteiger partial charge in [-0.2, -0.15) is 0 Å². The summed E-state index contributed by atoms with van der Waals surface area (Å²) in [6.07, 6.45) is 4.11. The number of aliphatic hydroxyl groups is 1. The van der Waals surface area contributed by atoms with E-state index in [0.29, 0.717) is 6.61 Å². The highest BCUT2D eigenvalue weighted by atomic mass is 16.5. The Morgan fingerprint density at radius 3 is 2.90 bits per heavy atom. The lowest BCUT2D eigenvalue weighted by Gasteiger charge is -2.25. The number of hydrogen-bond donors (Lipinski definition) is 2. The van der Waals surface area contributed by atoms with Crippen molar-refractivity contribution in [3.8, 4) is 5.75 Å². The molecule has 1 aromatic heterocycles. The third kappa shape index (κ3) is 3.46. The van der Waals surface area contributed by atoms with Crippen molar-refractivity contribution in [3.05, 3.63) is 36.5 Å². The molecule has 0 amide bonds. The van der Waals surface area contributed by atoms with Crippen LogP contribution >= 0.6 is 0 Å². The van der Waals surface area contributed by atoms with Crippen molar-refractivity contribution in [2.24, 2.45) is 5.73 Å². The molecule has 0 aliphatic rings. The molecule has 0 spiro atoms. The second-order valence-corrected chi connectivity index (χ2v) is 5.15. The molecule has 108 valence electrons. The molecule has 0 aliphatic heterocycles. The van der Waals surface area contributed by atoms with Crippen LogP contribution in [0.2, 0.25) is 0 Å². The predicted molar refractivity (Wildman–Crippen MR) is 80.8 cm³/mol. The van der Waals surface area contributed by atoms with E-state index in [4.69, 9.17) is 10.5 Å². The molecule has 0 saturated heterocycles. The van der Waals surface area contributed by atoms with Gasteiger partial charge < -0.3 is 15.6 Å². The van der Waals surface area contributed by atoms with Gasteiger partial charge in [0, 0.05) is 17.1 Å². The zero-order valence-electron chi connectivity index (χ0n) is 11.9. The molecule has 1 unspecified atom stereocenters. The molecule has 4 heteroatoms. The molecule has 0 fully saturated rings. The number of benzene rings is 1. The molecule has 0 aliphatic carbocycles. The lowest BCUT2D eigenvalue weighted by Crippen LogP contribution is -2.43. The van der Waals surface area contributed by atoms with Gasteiger partial charge in [-0.05, 0) is 43.5 Å². The maximum absolute atomic E-state index is 9.27. The highest BCUT2D eigenvalue weighted by Crippen LogP contribution is 2.24. The quantitative estimate of drug-likeness (QED) is 0.761. The van der Waals surface area contributed by atoms with Crippen LogP contribution < -0.4 is 10.5 Å². The Morgan fingerprint density at radius 2 is 2.15 bits per heavy atom. The van der Waals surface area contributed by atoms with E-state index in [1.165, 1.54) is 0 Å². The van der Waals surface area contributed by atoms with Crippen molar-refractivity contribution in [2.75, 3.05) is 13.2 Å². The van der Waals surface area contributed by atoms with Gasteiger partial charge in [0.15, 0.2) is 0 Å². The average Bonchev–Trinajstić information content (AvgIpc) is 2.51. The zero-order chi connectivity index (χ0) is 14.4. The minimum Gasteiger partial charge on any atom is -0.493 e. The lowest BCUT2D eigenvalue weighted by atomic mass is 9.93. The second kappa shape index (κ2) is 6.68. The van der Waals surface area contributed by atoms with Crippen LogP contribution in [0.25, 0.3) is 10.9 Å². The van der Waals surface area contributed by atoms with Crippen LogP contribution in [0.15, 0.2) is 36.5 Å². The van der Waals surface area contributed by atoms with Gasteiger partial charge in [-0.15, -0.1) is 0 Å². The number of fused-ring (bicyclic) bond motifs is 1. The van der Waals surface area contributed by atoms with E-state index >= 15 is 0 Å². The maximum atomic E-state index is 9.27. The monoisotopic (exact) mass is 274 g/mol. The Hall–Kier alpha value is -1.65. The zero-order valence-corrected chi connectivity index (χ0v) is 11.9. The molecule has 1 heterocycles.